The highest BCUT2D eigenvalue weighted by Gasteiger charge is 2.31. The lowest BCUT2D eigenvalue weighted by molar-refractivity contribution is 0.274. The second kappa shape index (κ2) is 6.57. The first-order valence-electron chi connectivity index (χ1n) is 8.42. The Labute approximate surface area is 156 Å². The maximum absolute atomic E-state index is 12.8. The van der Waals surface area contributed by atoms with Gasteiger partial charge in [0.2, 0.25) is 10.0 Å². The van der Waals surface area contributed by atoms with Crippen LogP contribution in [0.3, 0.4) is 0 Å². The van der Waals surface area contributed by atoms with Crippen molar-refractivity contribution in [2.24, 2.45) is 0 Å². The van der Waals surface area contributed by atoms with Gasteiger partial charge in [-0.25, -0.2) is 13.2 Å². The number of rotatable bonds is 3. The molecule has 1 saturated heterocycles. The fourth-order valence-electron chi connectivity index (χ4n) is 3.55. The molecule has 0 saturated carbocycles. The van der Waals surface area contributed by atoms with Crippen molar-refractivity contribution in [2.45, 2.75) is 23.8 Å². The Morgan fingerprint density at radius 2 is 1.77 bits per heavy atom. The molecule has 136 valence electrons. The molecule has 0 aliphatic carbocycles. The summed E-state index contributed by atoms with van der Waals surface area (Å²) in [6.07, 6.45) is 1.17. The molecular weight excluding hydrogens is 374 g/mol. The molecule has 0 spiro atoms. The summed E-state index contributed by atoms with van der Waals surface area (Å²) in [5.41, 5.74) is 1.50. The van der Waals surface area contributed by atoms with E-state index in [4.69, 9.17) is 11.6 Å². The van der Waals surface area contributed by atoms with Gasteiger partial charge in [-0.15, -0.1) is 0 Å². The number of benzene rings is 2. The molecule has 1 aromatic heterocycles. The van der Waals surface area contributed by atoms with Crippen molar-refractivity contribution in [1.29, 1.82) is 0 Å². The van der Waals surface area contributed by atoms with E-state index in [9.17, 15) is 13.2 Å². The smallest absolute Gasteiger partial charge is 0.306 e. The van der Waals surface area contributed by atoms with Crippen LogP contribution in [0.25, 0.3) is 11.0 Å². The summed E-state index contributed by atoms with van der Waals surface area (Å²) in [5.74, 6) is 0. The number of imidazole rings is 1. The number of H-pyrrole nitrogens is 1. The molecule has 0 radical (unpaired) electrons. The van der Waals surface area contributed by atoms with Crippen LogP contribution in [-0.4, -0.2) is 35.4 Å². The molecule has 4 rings (SSSR count). The van der Waals surface area contributed by atoms with E-state index in [2.05, 4.69) is 4.98 Å². The van der Waals surface area contributed by atoms with Crippen LogP contribution in [0.1, 0.15) is 18.9 Å². The number of aromatic nitrogens is 2. The Bertz CT molecular complexity index is 1110. The van der Waals surface area contributed by atoms with Gasteiger partial charge in [0.1, 0.15) is 0 Å². The van der Waals surface area contributed by atoms with Crippen molar-refractivity contribution < 1.29 is 8.42 Å². The van der Waals surface area contributed by atoms with Crippen LogP contribution in [0.4, 0.5) is 0 Å². The predicted molar refractivity (Wildman–Crippen MR) is 101 cm³/mol. The Kier molecular flexibility index (Phi) is 4.38. The fraction of sp³-hybridized carbons (Fsp3) is 0.278. The number of fused-ring (bicyclic) bond motifs is 1. The molecule has 1 fully saturated rings. The molecule has 26 heavy (non-hydrogen) atoms. The van der Waals surface area contributed by atoms with Gasteiger partial charge in [0, 0.05) is 24.2 Å². The van der Waals surface area contributed by atoms with E-state index in [0.717, 1.165) is 11.0 Å². The number of sulfonamides is 1. The first kappa shape index (κ1) is 17.3. The van der Waals surface area contributed by atoms with E-state index in [0.29, 0.717) is 31.0 Å². The third-order valence-electron chi connectivity index (χ3n) is 4.85. The maximum atomic E-state index is 12.8. The van der Waals surface area contributed by atoms with Crippen molar-refractivity contribution in [1.82, 2.24) is 13.9 Å². The Balaban J connectivity index is 1.57. The molecule has 6 nitrogen and oxygen atoms in total. The van der Waals surface area contributed by atoms with Gasteiger partial charge in [0.05, 0.1) is 15.9 Å². The highest BCUT2D eigenvalue weighted by Crippen LogP contribution is 2.28. The fourth-order valence-corrected chi connectivity index (χ4v) is 5.33. The van der Waals surface area contributed by atoms with Gasteiger partial charge in [-0.2, -0.15) is 4.31 Å². The summed E-state index contributed by atoms with van der Waals surface area (Å²) in [6, 6.07) is 13.8. The number of nitrogens with one attached hydrogen (secondary N) is 1. The maximum Gasteiger partial charge on any atom is 0.326 e. The molecule has 1 aliphatic rings. The number of hydrogen-bond acceptors (Lipinski definition) is 3. The van der Waals surface area contributed by atoms with Crippen molar-refractivity contribution >= 4 is 32.7 Å². The standard InChI is InChI=1S/C18H18ClN3O3S/c19-13-4-3-5-15(12-13)26(24,25)21-10-8-14(9-11-21)22-17-7-2-1-6-16(17)20-18(22)23/h1-7,12,14H,8-11H2,(H,20,23). The van der Waals surface area contributed by atoms with Crippen LogP contribution >= 0.6 is 11.6 Å². The SMILES string of the molecule is O=c1[nH]c2ccccc2n1C1CCN(S(=O)(=O)c2cccc(Cl)c2)CC1. The van der Waals surface area contributed by atoms with Crippen molar-refractivity contribution in [2.75, 3.05) is 13.1 Å². The Morgan fingerprint density at radius 1 is 1.04 bits per heavy atom. The number of hydrogen-bond donors (Lipinski definition) is 1. The molecule has 0 unspecified atom stereocenters. The first-order valence-corrected chi connectivity index (χ1v) is 10.2. The second-order valence-electron chi connectivity index (χ2n) is 6.41. The number of piperidine rings is 1. The second-order valence-corrected chi connectivity index (χ2v) is 8.78. The van der Waals surface area contributed by atoms with Gasteiger partial charge >= 0.3 is 5.69 Å². The van der Waals surface area contributed by atoms with Crippen LogP contribution < -0.4 is 5.69 Å². The van der Waals surface area contributed by atoms with Crippen LogP contribution in [0.5, 0.6) is 0 Å². The van der Waals surface area contributed by atoms with E-state index in [1.165, 1.54) is 10.4 Å². The minimum Gasteiger partial charge on any atom is -0.306 e. The number of halogens is 1. The first-order chi connectivity index (χ1) is 12.5. The molecule has 0 atom stereocenters. The molecule has 2 aromatic carbocycles. The number of aromatic amines is 1. The minimum absolute atomic E-state index is 0.0236. The lowest BCUT2D eigenvalue weighted by Crippen LogP contribution is -2.40. The largest absolute Gasteiger partial charge is 0.326 e. The highest BCUT2D eigenvalue weighted by molar-refractivity contribution is 7.89. The van der Waals surface area contributed by atoms with E-state index in [1.807, 2.05) is 24.3 Å². The molecule has 3 aromatic rings. The topological polar surface area (TPSA) is 75.2 Å². The van der Waals surface area contributed by atoms with Gasteiger partial charge in [-0.3, -0.25) is 4.57 Å². The van der Waals surface area contributed by atoms with Crippen molar-refractivity contribution in [3.05, 3.63) is 64.0 Å². The van der Waals surface area contributed by atoms with Crippen LogP contribution in [0.2, 0.25) is 5.02 Å². The van der Waals surface area contributed by atoms with Crippen molar-refractivity contribution in [3.8, 4) is 0 Å². The van der Waals surface area contributed by atoms with E-state index in [-0.39, 0.29) is 16.6 Å². The van der Waals surface area contributed by atoms with Gasteiger partial charge in [0.25, 0.3) is 0 Å². The molecule has 8 heteroatoms. The lowest BCUT2D eigenvalue weighted by atomic mass is 10.1. The van der Waals surface area contributed by atoms with Gasteiger partial charge < -0.3 is 4.98 Å². The van der Waals surface area contributed by atoms with Crippen LogP contribution in [0.15, 0.2) is 58.2 Å². The normalized spacial score (nSPS) is 17.0. The monoisotopic (exact) mass is 391 g/mol. The Hall–Kier alpha value is -2.09. The summed E-state index contributed by atoms with van der Waals surface area (Å²) in [6.45, 7) is 0.733. The van der Waals surface area contributed by atoms with E-state index < -0.39 is 10.0 Å². The number of nitrogens with zero attached hydrogens (tertiary/aromatic N) is 2. The molecule has 2 heterocycles. The predicted octanol–water partition coefficient (Wildman–Crippen LogP) is 3.01. The average Bonchev–Trinajstić information content (AvgIpc) is 2.97. The molecule has 0 bridgehead atoms. The summed E-state index contributed by atoms with van der Waals surface area (Å²) in [4.78, 5) is 15.4. The van der Waals surface area contributed by atoms with Gasteiger partial charge in [-0.05, 0) is 43.2 Å². The van der Waals surface area contributed by atoms with E-state index >= 15 is 0 Å². The highest BCUT2D eigenvalue weighted by atomic mass is 35.5. The Morgan fingerprint density at radius 3 is 2.50 bits per heavy atom. The van der Waals surface area contributed by atoms with Crippen LogP contribution in [-0.2, 0) is 10.0 Å². The molecule has 1 aliphatic heterocycles. The van der Waals surface area contributed by atoms with E-state index in [1.54, 1.807) is 22.8 Å². The zero-order valence-electron chi connectivity index (χ0n) is 13.9. The third-order valence-corrected chi connectivity index (χ3v) is 6.98. The summed E-state index contributed by atoms with van der Waals surface area (Å²) < 4.78 is 28.8. The van der Waals surface area contributed by atoms with Crippen LogP contribution in [0, 0.1) is 0 Å². The summed E-state index contributed by atoms with van der Waals surface area (Å²) >= 11 is 5.93. The zero-order valence-corrected chi connectivity index (χ0v) is 15.5. The quantitative estimate of drug-likeness (QED) is 0.745. The zero-order chi connectivity index (χ0) is 18.3. The molecule has 1 N–H and O–H groups in total. The van der Waals surface area contributed by atoms with Gasteiger partial charge in [-0.1, -0.05) is 29.8 Å². The summed E-state index contributed by atoms with van der Waals surface area (Å²) in [5, 5.41) is 0.395. The summed E-state index contributed by atoms with van der Waals surface area (Å²) in [7, 11) is -3.58. The molecule has 0 amide bonds. The third kappa shape index (κ3) is 2.96. The van der Waals surface area contributed by atoms with Gasteiger partial charge in [0.15, 0.2) is 0 Å². The average molecular weight is 392 g/mol. The van der Waals surface area contributed by atoms with Crippen molar-refractivity contribution in [3.63, 3.8) is 0 Å². The minimum atomic E-state index is -3.58. The molecular formula is C18H18ClN3O3S. The lowest BCUT2D eigenvalue weighted by Gasteiger charge is -2.31. The number of para-hydroxylation sites is 2.